The Kier molecular flexibility index (Phi) is 7.16. The summed E-state index contributed by atoms with van der Waals surface area (Å²) in [6.45, 7) is 4.14. The van der Waals surface area contributed by atoms with Crippen molar-refractivity contribution in [3.05, 3.63) is 10.6 Å². The molecule has 0 aromatic heterocycles. The third kappa shape index (κ3) is 4.46. The first-order valence-corrected chi connectivity index (χ1v) is 5.58. The van der Waals surface area contributed by atoms with E-state index in [0.29, 0.717) is 5.03 Å². The van der Waals surface area contributed by atoms with E-state index in [1.165, 1.54) is 0 Å². The summed E-state index contributed by atoms with van der Waals surface area (Å²) in [4.78, 5) is 0. The minimum absolute atomic E-state index is 0.346. The van der Waals surface area contributed by atoms with Crippen molar-refractivity contribution in [1.29, 1.82) is 0 Å². The lowest BCUT2D eigenvalue weighted by atomic mass is 10.1. The topological polar surface area (TPSA) is 0 Å². The number of allylic oxidation sites excluding steroid dienone is 2. The van der Waals surface area contributed by atoms with Crippen molar-refractivity contribution in [1.82, 2.24) is 0 Å². The molecule has 0 aromatic rings. The van der Waals surface area contributed by atoms with Gasteiger partial charge in [-0.3, -0.25) is 0 Å². The maximum atomic E-state index is 12.7. The lowest BCUT2D eigenvalue weighted by Gasteiger charge is -2.08. The van der Waals surface area contributed by atoms with Gasteiger partial charge in [0.2, 0.25) is 0 Å². The van der Waals surface area contributed by atoms with Gasteiger partial charge >= 0.3 is 0 Å². The van der Waals surface area contributed by atoms with Crippen LogP contribution in [-0.4, -0.2) is 5.08 Å². The molecule has 0 bridgehead atoms. The van der Waals surface area contributed by atoms with E-state index in [9.17, 15) is 4.39 Å². The van der Waals surface area contributed by atoms with Crippen LogP contribution >= 0.6 is 27.5 Å². The molecule has 0 rings (SSSR count). The summed E-state index contributed by atoms with van der Waals surface area (Å²) < 4.78 is 12.7. The molecule has 0 N–H and O–H groups in total. The molecule has 0 aliphatic rings. The third-order valence-corrected chi connectivity index (χ3v) is 2.81. The van der Waals surface area contributed by atoms with Crippen LogP contribution in [-0.2, 0) is 0 Å². The normalized spacial score (nSPS) is 12.8. The monoisotopic (exact) mass is 256 g/mol. The minimum Gasteiger partial charge on any atom is -0.229 e. The SMILES string of the molecule is CCCC(CCC)=C(Cl)C(F)Br. The highest BCUT2D eigenvalue weighted by atomic mass is 79.9. The molecule has 0 fully saturated rings. The lowest BCUT2D eigenvalue weighted by Crippen LogP contribution is -1.94. The zero-order valence-corrected chi connectivity index (χ0v) is 9.88. The first-order valence-electron chi connectivity index (χ1n) is 4.29. The van der Waals surface area contributed by atoms with Crippen molar-refractivity contribution in [2.75, 3.05) is 0 Å². The van der Waals surface area contributed by atoms with Gasteiger partial charge in [-0.2, -0.15) is 0 Å². The number of hydrogen-bond acceptors (Lipinski definition) is 0. The van der Waals surface area contributed by atoms with Crippen molar-refractivity contribution in [2.24, 2.45) is 0 Å². The number of hydrogen-bond donors (Lipinski definition) is 0. The molecule has 72 valence electrons. The Hall–Kier alpha value is 0.440. The standard InChI is InChI=1S/C9H15BrClF/c1-3-5-7(6-4-2)8(11)9(10)12/h9H,3-6H2,1-2H3. The average molecular weight is 258 g/mol. The Balaban J connectivity index is 4.32. The van der Waals surface area contributed by atoms with E-state index in [-0.39, 0.29) is 0 Å². The van der Waals surface area contributed by atoms with Crippen molar-refractivity contribution in [2.45, 2.75) is 44.6 Å². The Bertz CT molecular complexity index is 147. The zero-order valence-electron chi connectivity index (χ0n) is 7.54. The second-order valence-electron chi connectivity index (χ2n) is 2.75. The van der Waals surface area contributed by atoms with Crippen LogP contribution in [0.5, 0.6) is 0 Å². The second kappa shape index (κ2) is 6.90. The molecule has 0 aliphatic heterocycles. The van der Waals surface area contributed by atoms with Gasteiger partial charge in [0.15, 0.2) is 5.08 Å². The fraction of sp³-hybridized carbons (Fsp3) is 0.778. The molecule has 0 saturated carbocycles. The molecule has 1 unspecified atom stereocenters. The first kappa shape index (κ1) is 12.4. The largest absolute Gasteiger partial charge is 0.229 e. The molecular weight excluding hydrogens is 242 g/mol. The summed E-state index contributed by atoms with van der Waals surface area (Å²) in [5.74, 6) is 0. The van der Waals surface area contributed by atoms with Crippen LogP contribution in [0.15, 0.2) is 10.6 Å². The number of alkyl halides is 2. The van der Waals surface area contributed by atoms with Gasteiger partial charge in [-0.1, -0.05) is 43.9 Å². The van der Waals surface area contributed by atoms with Crippen LogP contribution in [0.4, 0.5) is 4.39 Å². The van der Waals surface area contributed by atoms with Crippen LogP contribution in [0.1, 0.15) is 39.5 Å². The van der Waals surface area contributed by atoms with Gasteiger partial charge in [0, 0.05) is 0 Å². The Morgan fingerprint density at radius 2 is 1.75 bits per heavy atom. The fourth-order valence-electron chi connectivity index (χ4n) is 1.12. The molecule has 0 aromatic carbocycles. The van der Waals surface area contributed by atoms with Crippen molar-refractivity contribution >= 4 is 27.5 Å². The highest BCUT2D eigenvalue weighted by molar-refractivity contribution is 9.09. The molecule has 0 saturated heterocycles. The molecule has 0 spiro atoms. The van der Waals surface area contributed by atoms with Crippen LogP contribution in [0, 0.1) is 0 Å². The van der Waals surface area contributed by atoms with Gasteiger partial charge in [-0.25, -0.2) is 4.39 Å². The lowest BCUT2D eigenvalue weighted by molar-refractivity contribution is 0.517. The van der Waals surface area contributed by atoms with Gasteiger partial charge < -0.3 is 0 Å². The van der Waals surface area contributed by atoms with Crippen LogP contribution in [0.3, 0.4) is 0 Å². The summed E-state index contributed by atoms with van der Waals surface area (Å²) >= 11 is 8.62. The quantitative estimate of drug-likeness (QED) is 0.622. The number of halogens is 3. The average Bonchev–Trinajstić information content (AvgIpc) is 2.03. The summed E-state index contributed by atoms with van der Waals surface area (Å²) in [6.07, 6.45) is 3.84. The second-order valence-corrected chi connectivity index (χ2v) is 3.96. The van der Waals surface area contributed by atoms with E-state index in [2.05, 4.69) is 29.8 Å². The molecule has 0 amide bonds. The smallest absolute Gasteiger partial charge is 0.190 e. The van der Waals surface area contributed by atoms with Crippen molar-refractivity contribution in [3.63, 3.8) is 0 Å². The molecule has 0 aliphatic carbocycles. The molecular formula is C9H15BrClF. The summed E-state index contributed by atoms with van der Waals surface area (Å²) in [5.41, 5.74) is 1.05. The molecule has 0 radical (unpaired) electrons. The molecule has 12 heavy (non-hydrogen) atoms. The van der Waals surface area contributed by atoms with Gasteiger partial charge in [-0.05, 0) is 28.8 Å². The molecule has 0 nitrogen and oxygen atoms in total. The third-order valence-electron chi connectivity index (χ3n) is 1.63. The Morgan fingerprint density at radius 1 is 1.33 bits per heavy atom. The van der Waals surface area contributed by atoms with Crippen LogP contribution in [0.25, 0.3) is 0 Å². The van der Waals surface area contributed by atoms with E-state index >= 15 is 0 Å². The molecule has 0 heterocycles. The first-order chi connectivity index (χ1) is 5.63. The van der Waals surface area contributed by atoms with Crippen LogP contribution in [0.2, 0.25) is 0 Å². The highest BCUT2D eigenvalue weighted by Gasteiger charge is 2.10. The van der Waals surface area contributed by atoms with E-state index in [1.807, 2.05) is 0 Å². The summed E-state index contributed by atoms with van der Waals surface area (Å²) in [7, 11) is 0. The predicted octanol–water partition coefficient (Wildman–Crippen LogP) is 4.77. The van der Waals surface area contributed by atoms with Gasteiger partial charge in [0.1, 0.15) is 0 Å². The maximum Gasteiger partial charge on any atom is 0.190 e. The highest BCUT2D eigenvalue weighted by Crippen LogP contribution is 2.27. The summed E-state index contributed by atoms with van der Waals surface area (Å²) in [5, 5.41) is -0.842. The fourth-order valence-corrected chi connectivity index (χ4v) is 1.63. The zero-order chi connectivity index (χ0) is 9.56. The number of rotatable bonds is 5. The minimum atomic E-state index is -1.19. The van der Waals surface area contributed by atoms with Crippen LogP contribution < -0.4 is 0 Å². The maximum absolute atomic E-state index is 12.7. The van der Waals surface area contributed by atoms with E-state index in [1.54, 1.807) is 0 Å². The Morgan fingerprint density at radius 3 is 2.00 bits per heavy atom. The van der Waals surface area contributed by atoms with Crippen molar-refractivity contribution < 1.29 is 4.39 Å². The van der Waals surface area contributed by atoms with E-state index in [4.69, 9.17) is 11.6 Å². The molecule has 3 heteroatoms. The van der Waals surface area contributed by atoms with Gasteiger partial charge in [0.25, 0.3) is 0 Å². The Labute approximate surface area is 87.3 Å². The van der Waals surface area contributed by atoms with E-state index in [0.717, 1.165) is 31.3 Å². The summed E-state index contributed by atoms with van der Waals surface area (Å²) in [6, 6.07) is 0. The van der Waals surface area contributed by atoms with Gasteiger partial charge in [-0.15, -0.1) is 0 Å². The van der Waals surface area contributed by atoms with E-state index < -0.39 is 5.08 Å². The van der Waals surface area contributed by atoms with Gasteiger partial charge in [0.05, 0.1) is 5.03 Å². The predicted molar refractivity (Wildman–Crippen MR) is 56.5 cm³/mol. The molecule has 1 atom stereocenters. The van der Waals surface area contributed by atoms with Crippen molar-refractivity contribution in [3.8, 4) is 0 Å².